The molecule has 0 spiro atoms. The molecule has 9 heavy (non-hydrogen) atoms. The van der Waals surface area contributed by atoms with Crippen LogP contribution in [0.2, 0.25) is 0 Å². The van der Waals surface area contributed by atoms with E-state index in [1.54, 1.807) is 6.08 Å². The van der Waals surface area contributed by atoms with E-state index in [9.17, 15) is 0 Å². The van der Waals surface area contributed by atoms with Gasteiger partial charge < -0.3 is 5.11 Å². The molecular formula is C7H7NO. The summed E-state index contributed by atoms with van der Waals surface area (Å²) in [4.78, 5) is 0. The van der Waals surface area contributed by atoms with Crippen molar-refractivity contribution in [3.8, 4) is 6.07 Å². The van der Waals surface area contributed by atoms with Gasteiger partial charge in [-0.2, -0.15) is 5.26 Å². The van der Waals surface area contributed by atoms with Crippen molar-refractivity contribution in [2.75, 3.05) is 0 Å². The first-order valence-electron chi connectivity index (χ1n) is 2.83. The number of hydrogen-bond acceptors (Lipinski definition) is 2. The van der Waals surface area contributed by atoms with Crippen LogP contribution in [0.5, 0.6) is 0 Å². The minimum absolute atomic E-state index is 0.128. The molecule has 0 atom stereocenters. The van der Waals surface area contributed by atoms with Crippen LogP contribution in [-0.4, -0.2) is 5.11 Å². The first kappa shape index (κ1) is 5.90. The van der Waals surface area contributed by atoms with Crippen LogP contribution in [0.1, 0.15) is 12.8 Å². The van der Waals surface area contributed by atoms with Gasteiger partial charge in [0.1, 0.15) is 5.76 Å². The van der Waals surface area contributed by atoms with Crippen molar-refractivity contribution < 1.29 is 5.11 Å². The zero-order valence-corrected chi connectivity index (χ0v) is 4.96. The van der Waals surface area contributed by atoms with Gasteiger partial charge >= 0.3 is 0 Å². The Labute approximate surface area is 53.7 Å². The van der Waals surface area contributed by atoms with E-state index in [1.807, 2.05) is 12.1 Å². The molecule has 1 N–H and O–H groups in total. The number of aliphatic hydroxyl groups excluding tert-OH is 1. The van der Waals surface area contributed by atoms with E-state index >= 15 is 0 Å². The zero-order chi connectivity index (χ0) is 6.69. The Balaban J connectivity index is 2.88. The molecule has 0 heterocycles. The first-order valence-corrected chi connectivity index (χ1v) is 2.83. The van der Waals surface area contributed by atoms with Crippen molar-refractivity contribution in [2.45, 2.75) is 12.8 Å². The third kappa shape index (κ3) is 1.11. The van der Waals surface area contributed by atoms with Crippen molar-refractivity contribution in [3.05, 3.63) is 23.5 Å². The van der Waals surface area contributed by atoms with Gasteiger partial charge in [0.15, 0.2) is 0 Å². The molecule has 2 nitrogen and oxygen atoms in total. The molecule has 1 aliphatic rings. The van der Waals surface area contributed by atoms with Gasteiger partial charge in [-0.1, -0.05) is 6.08 Å². The van der Waals surface area contributed by atoms with Crippen LogP contribution in [0.4, 0.5) is 0 Å². The van der Waals surface area contributed by atoms with Crippen LogP contribution in [0, 0.1) is 11.3 Å². The number of nitrogens with zero attached hydrogens (tertiary/aromatic N) is 1. The normalized spacial score (nSPS) is 17.7. The molecule has 0 aromatic rings. The molecular weight excluding hydrogens is 114 g/mol. The van der Waals surface area contributed by atoms with Crippen molar-refractivity contribution in [1.29, 1.82) is 5.26 Å². The first-order chi connectivity index (χ1) is 4.34. The van der Waals surface area contributed by atoms with E-state index < -0.39 is 0 Å². The Bertz CT molecular complexity index is 207. The molecule has 0 fully saturated rings. The summed E-state index contributed by atoms with van der Waals surface area (Å²) >= 11 is 0. The third-order valence-electron chi connectivity index (χ3n) is 1.28. The molecule has 0 unspecified atom stereocenters. The SMILES string of the molecule is N#CC1=C(O)C=CCC1. The standard InChI is InChI=1S/C7H7NO/c8-5-6-3-1-2-4-7(6)9/h2,4,9H,1,3H2. The lowest BCUT2D eigenvalue weighted by Gasteiger charge is -2.02. The van der Waals surface area contributed by atoms with Crippen LogP contribution in [0.25, 0.3) is 0 Å². The third-order valence-corrected chi connectivity index (χ3v) is 1.28. The molecule has 2 heteroatoms. The Kier molecular flexibility index (Phi) is 1.55. The van der Waals surface area contributed by atoms with Crippen LogP contribution >= 0.6 is 0 Å². The molecule has 0 bridgehead atoms. The fourth-order valence-corrected chi connectivity index (χ4v) is 0.764. The monoisotopic (exact) mass is 121 g/mol. The summed E-state index contributed by atoms with van der Waals surface area (Å²) in [7, 11) is 0. The summed E-state index contributed by atoms with van der Waals surface area (Å²) in [6, 6.07) is 1.93. The molecule has 1 aliphatic carbocycles. The zero-order valence-electron chi connectivity index (χ0n) is 4.96. The second-order valence-corrected chi connectivity index (χ2v) is 1.92. The highest BCUT2D eigenvalue weighted by molar-refractivity contribution is 5.33. The lowest BCUT2D eigenvalue weighted by molar-refractivity contribution is 0.422. The number of aliphatic hydroxyl groups is 1. The highest BCUT2D eigenvalue weighted by Crippen LogP contribution is 2.14. The second kappa shape index (κ2) is 2.36. The van der Waals surface area contributed by atoms with Gasteiger partial charge in [0.05, 0.1) is 11.6 Å². The molecule has 1 rings (SSSR count). The van der Waals surface area contributed by atoms with Crippen LogP contribution in [-0.2, 0) is 0 Å². The van der Waals surface area contributed by atoms with Gasteiger partial charge in [-0.05, 0) is 18.9 Å². The summed E-state index contributed by atoms with van der Waals surface area (Å²) in [5, 5.41) is 17.3. The van der Waals surface area contributed by atoms with Crippen LogP contribution in [0.15, 0.2) is 23.5 Å². The van der Waals surface area contributed by atoms with Crippen molar-refractivity contribution in [3.63, 3.8) is 0 Å². The van der Waals surface area contributed by atoms with Gasteiger partial charge in [-0.25, -0.2) is 0 Å². The van der Waals surface area contributed by atoms with Gasteiger partial charge in [0, 0.05) is 0 Å². The summed E-state index contributed by atoms with van der Waals surface area (Å²) < 4.78 is 0. The predicted molar refractivity (Wildman–Crippen MR) is 33.6 cm³/mol. The number of rotatable bonds is 0. The fraction of sp³-hybridized carbons (Fsp3) is 0.286. The molecule has 0 aliphatic heterocycles. The largest absolute Gasteiger partial charge is 0.507 e. The highest BCUT2D eigenvalue weighted by Gasteiger charge is 2.04. The van der Waals surface area contributed by atoms with Gasteiger partial charge in [0.25, 0.3) is 0 Å². The average molecular weight is 121 g/mol. The van der Waals surface area contributed by atoms with E-state index in [1.165, 1.54) is 0 Å². The second-order valence-electron chi connectivity index (χ2n) is 1.92. The maximum atomic E-state index is 8.94. The Morgan fingerprint density at radius 1 is 1.67 bits per heavy atom. The Hall–Kier alpha value is -1.23. The Morgan fingerprint density at radius 3 is 2.89 bits per heavy atom. The predicted octanol–water partition coefficient (Wildman–Crippen LogP) is 1.67. The molecule has 0 saturated carbocycles. The smallest absolute Gasteiger partial charge is 0.128 e. The maximum Gasteiger partial charge on any atom is 0.128 e. The number of hydrogen-bond donors (Lipinski definition) is 1. The number of allylic oxidation sites excluding steroid dienone is 3. The lowest BCUT2D eigenvalue weighted by Crippen LogP contribution is -1.90. The highest BCUT2D eigenvalue weighted by atomic mass is 16.3. The molecule has 0 radical (unpaired) electrons. The Morgan fingerprint density at radius 2 is 2.44 bits per heavy atom. The minimum Gasteiger partial charge on any atom is -0.507 e. The van der Waals surface area contributed by atoms with E-state index in [0.717, 1.165) is 6.42 Å². The minimum atomic E-state index is 0.128. The fourth-order valence-electron chi connectivity index (χ4n) is 0.764. The summed E-state index contributed by atoms with van der Waals surface area (Å²) in [6.45, 7) is 0. The van der Waals surface area contributed by atoms with Gasteiger partial charge in [-0.3, -0.25) is 0 Å². The summed E-state index contributed by atoms with van der Waals surface area (Å²) in [6.07, 6.45) is 4.98. The van der Waals surface area contributed by atoms with Crippen LogP contribution < -0.4 is 0 Å². The lowest BCUT2D eigenvalue weighted by atomic mass is 10.1. The average Bonchev–Trinajstić information content (AvgIpc) is 1.89. The molecule has 46 valence electrons. The van der Waals surface area contributed by atoms with Crippen molar-refractivity contribution >= 4 is 0 Å². The van der Waals surface area contributed by atoms with Crippen molar-refractivity contribution in [2.24, 2.45) is 0 Å². The van der Waals surface area contributed by atoms with E-state index in [2.05, 4.69) is 0 Å². The van der Waals surface area contributed by atoms with Crippen molar-refractivity contribution in [1.82, 2.24) is 0 Å². The molecule has 0 aromatic carbocycles. The van der Waals surface area contributed by atoms with Crippen LogP contribution in [0.3, 0.4) is 0 Å². The molecule has 0 saturated heterocycles. The molecule has 0 amide bonds. The van der Waals surface area contributed by atoms with Gasteiger partial charge in [0.2, 0.25) is 0 Å². The van der Waals surface area contributed by atoms with Gasteiger partial charge in [-0.15, -0.1) is 0 Å². The maximum absolute atomic E-state index is 8.94. The topological polar surface area (TPSA) is 44.0 Å². The molecule has 0 aromatic heterocycles. The summed E-state index contributed by atoms with van der Waals surface area (Å²) in [5.41, 5.74) is 0.498. The quantitative estimate of drug-likeness (QED) is 0.529. The number of nitriles is 1. The van der Waals surface area contributed by atoms with E-state index in [4.69, 9.17) is 10.4 Å². The van der Waals surface area contributed by atoms with E-state index in [0.29, 0.717) is 12.0 Å². The summed E-state index contributed by atoms with van der Waals surface area (Å²) in [5.74, 6) is 0.128. The van der Waals surface area contributed by atoms with E-state index in [-0.39, 0.29) is 5.76 Å².